The Morgan fingerprint density at radius 1 is 0.933 bits per heavy atom. The minimum Gasteiger partial charge on any atom is -0.423 e. The minimum absolute atomic E-state index is 0.0529. The number of Topliss-reactive ketones (excluding diaryl/α,β-unsaturated/α-hetero) is 1. The van der Waals surface area contributed by atoms with Gasteiger partial charge in [0.2, 0.25) is 5.91 Å². The van der Waals surface area contributed by atoms with Gasteiger partial charge in [-0.3, -0.25) is 19.2 Å². The lowest BCUT2D eigenvalue weighted by atomic mass is 9.78. The van der Waals surface area contributed by atoms with Crippen LogP contribution in [0.2, 0.25) is 0 Å². The predicted octanol–water partition coefficient (Wildman–Crippen LogP) is 0.280. The van der Waals surface area contributed by atoms with Gasteiger partial charge in [-0.25, -0.2) is 0 Å². The monoisotopic (exact) mass is 609 g/mol. The van der Waals surface area contributed by atoms with E-state index in [9.17, 15) is 29.2 Å². The van der Waals surface area contributed by atoms with Gasteiger partial charge >= 0.3 is 14.2 Å². The lowest BCUT2D eigenvalue weighted by molar-refractivity contribution is -0.126. The summed E-state index contributed by atoms with van der Waals surface area (Å²) in [6, 6.07) is 15.3. The van der Waals surface area contributed by atoms with Crippen LogP contribution < -0.4 is 21.6 Å². The van der Waals surface area contributed by atoms with Gasteiger partial charge in [0.25, 0.3) is 11.8 Å². The molecule has 0 unspecified atom stereocenters. The minimum atomic E-state index is -1.14. The van der Waals surface area contributed by atoms with E-state index < -0.39 is 50.1 Å². The molecule has 6 rings (SSSR count). The normalized spacial score (nSPS) is 19.2. The molecule has 3 aromatic rings. The van der Waals surface area contributed by atoms with E-state index in [0.717, 1.165) is 22.3 Å². The Morgan fingerprint density at radius 3 is 2.22 bits per heavy atom. The second-order valence-electron chi connectivity index (χ2n) is 11.9. The van der Waals surface area contributed by atoms with Crippen LogP contribution in [0.3, 0.4) is 0 Å². The number of ketones is 1. The summed E-state index contributed by atoms with van der Waals surface area (Å²) >= 11 is 0. The maximum Gasteiger partial charge on any atom is 0.491 e. The van der Waals surface area contributed by atoms with Crippen molar-refractivity contribution in [3.8, 4) is 0 Å². The third-order valence-electron chi connectivity index (χ3n) is 8.58. The van der Waals surface area contributed by atoms with Crippen LogP contribution >= 0.6 is 0 Å². The lowest BCUT2D eigenvalue weighted by Gasteiger charge is -2.27. The van der Waals surface area contributed by atoms with Crippen molar-refractivity contribution in [2.45, 2.75) is 58.0 Å². The van der Waals surface area contributed by atoms with Crippen LogP contribution in [0.5, 0.6) is 0 Å². The average molecular weight is 609 g/mol. The molecule has 4 N–H and O–H groups in total. The highest BCUT2D eigenvalue weighted by atomic mass is 16.5. The summed E-state index contributed by atoms with van der Waals surface area (Å²) in [6.07, 6.45) is 0.212. The Balaban J connectivity index is 1.26. The largest absolute Gasteiger partial charge is 0.491 e. The van der Waals surface area contributed by atoms with Crippen LogP contribution in [0, 0.1) is 6.92 Å². The topological polar surface area (TPSA) is 154 Å². The first-order valence-electron chi connectivity index (χ1n) is 14.9. The first-order valence-corrected chi connectivity index (χ1v) is 14.9. The summed E-state index contributed by atoms with van der Waals surface area (Å²) in [5, 5.41) is 26.2. The number of hydrogen-bond donors (Lipinski definition) is 4. The molecule has 45 heavy (non-hydrogen) atoms. The molecule has 0 bridgehead atoms. The summed E-state index contributed by atoms with van der Waals surface area (Å²) < 4.78 is 10.5. The summed E-state index contributed by atoms with van der Waals surface area (Å²) in [4.78, 5) is 54.7. The van der Waals surface area contributed by atoms with Gasteiger partial charge < -0.3 is 34.9 Å². The zero-order valence-electron chi connectivity index (χ0n) is 25.0. The van der Waals surface area contributed by atoms with Crippen molar-refractivity contribution < 1.29 is 38.5 Å². The first-order chi connectivity index (χ1) is 21.6. The maximum absolute atomic E-state index is 13.9. The molecule has 3 heterocycles. The van der Waals surface area contributed by atoms with E-state index in [-0.39, 0.29) is 43.9 Å². The Morgan fingerprint density at radius 2 is 1.58 bits per heavy atom. The predicted molar refractivity (Wildman–Crippen MR) is 166 cm³/mol. The molecule has 0 saturated carbocycles. The number of amides is 3. The van der Waals surface area contributed by atoms with Gasteiger partial charge in [-0.05, 0) is 72.1 Å². The number of rotatable bonds is 8. The van der Waals surface area contributed by atoms with Gasteiger partial charge in [-0.1, -0.05) is 42.0 Å². The fraction of sp³-hybridized carbons (Fsp3) is 0.312. The van der Waals surface area contributed by atoms with Gasteiger partial charge in [0.15, 0.2) is 0 Å². The van der Waals surface area contributed by atoms with Crippen molar-refractivity contribution >= 4 is 48.7 Å². The molecule has 0 aliphatic carbocycles. The van der Waals surface area contributed by atoms with Gasteiger partial charge in [-0.15, -0.1) is 0 Å². The van der Waals surface area contributed by atoms with E-state index in [1.54, 1.807) is 36.4 Å². The quantitative estimate of drug-likeness (QED) is 0.266. The number of carbonyl (C=O) groups is 4. The molecule has 1 fully saturated rings. The highest BCUT2D eigenvalue weighted by Gasteiger charge is 2.42. The number of likely N-dealkylation sites (tertiary alicyclic amines) is 1. The second kappa shape index (κ2) is 12.6. The van der Waals surface area contributed by atoms with Gasteiger partial charge in [-0.2, -0.15) is 0 Å². The smallest absolute Gasteiger partial charge is 0.423 e. The van der Waals surface area contributed by atoms with Crippen LogP contribution in [0.1, 0.15) is 68.8 Å². The summed E-state index contributed by atoms with van der Waals surface area (Å²) in [5.41, 5.74) is 4.93. The molecule has 230 valence electrons. The highest BCUT2D eigenvalue weighted by Crippen LogP contribution is 2.25. The molecule has 11 nitrogen and oxygen atoms in total. The molecule has 3 aromatic carbocycles. The Bertz CT molecular complexity index is 1680. The molecule has 0 aromatic heterocycles. The highest BCUT2D eigenvalue weighted by molar-refractivity contribution is 6.62. The molecule has 0 radical (unpaired) electrons. The van der Waals surface area contributed by atoms with E-state index in [0.29, 0.717) is 16.5 Å². The summed E-state index contributed by atoms with van der Waals surface area (Å²) in [5.74, 6) is -1.40. The van der Waals surface area contributed by atoms with Crippen molar-refractivity contribution in [1.29, 1.82) is 0 Å². The molecule has 1 saturated heterocycles. The number of carbonyl (C=O) groups excluding carboxylic acids is 4. The third kappa shape index (κ3) is 6.43. The maximum atomic E-state index is 13.9. The number of benzene rings is 3. The number of nitrogens with one attached hydrogen (secondary N) is 2. The third-order valence-corrected chi connectivity index (χ3v) is 8.58. The molecule has 3 aliphatic heterocycles. The van der Waals surface area contributed by atoms with E-state index in [1.807, 2.05) is 31.2 Å². The van der Waals surface area contributed by atoms with Gasteiger partial charge in [0, 0.05) is 30.1 Å². The van der Waals surface area contributed by atoms with Crippen molar-refractivity contribution in [1.82, 2.24) is 15.5 Å². The molecular formula is C32H33B2N3O8. The first kappa shape index (κ1) is 30.7. The Hall–Kier alpha value is -4.29. The SMILES string of the molecule is CC(=O)C[C@H](NC(=O)[C@@H]1C[C@@H](NC(=O)c2ccc3c(c2)B(O)OC3)CN1C(=O)c1ccc2c(c1)B(O)OC2)c1cccc(C)c1. The van der Waals surface area contributed by atoms with E-state index >= 15 is 0 Å². The van der Waals surface area contributed by atoms with E-state index in [4.69, 9.17) is 9.31 Å². The number of hydrogen-bond acceptors (Lipinski definition) is 8. The van der Waals surface area contributed by atoms with Gasteiger partial charge in [0.1, 0.15) is 11.8 Å². The Kier molecular flexibility index (Phi) is 8.61. The summed E-state index contributed by atoms with van der Waals surface area (Å²) in [7, 11) is -2.25. The molecular weight excluding hydrogens is 576 g/mol. The number of nitrogens with zero attached hydrogens (tertiary/aromatic N) is 1. The molecule has 3 atom stereocenters. The standard InChI is InChI=1S/C32H33B2N3O8/c1-18-4-3-5-20(10-18)28(11-19(2)38)36-31(40)29-14-25(35-30(39)21-6-8-23-16-44-33(42)26(23)12-21)15-37(29)32(41)22-7-9-24-17-45-34(43)27(24)13-22/h3-10,12-13,25,28-29,42-43H,11,14-17H2,1-2H3,(H,35,39)(H,36,40)/t25-,28+,29+/m1/s1. The fourth-order valence-electron chi connectivity index (χ4n) is 6.25. The van der Waals surface area contributed by atoms with Gasteiger partial charge in [0.05, 0.1) is 19.3 Å². The molecule has 3 aliphatic rings. The van der Waals surface area contributed by atoms with Crippen LogP contribution in [-0.4, -0.2) is 71.3 Å². The van der Waals surface area contributed by atoms with Crippen molar-refractivity contribution in [2.24, 2.45) is 0 Å². The average Bonchev–Trinajstić information content (AvgIpc) is 3.72. The van der Waals surface area contributed by atoms with Crippen molar-refractivity contribution in [2.75, 3.05) is 6.54 Å². The van der Waals surface area contributed by atoms with Crippen LogP contribution in [0.4, 0.5) is 0 Å². The zero-order valence-corrected chi connectivity index (χ0v) is 25.0. The number of fused-ring (bicyclic) bond motifs is 2. The lowest BCUT2D eigenvalue weighted by Crippen LogP contribution is -2.47. The van der Waals surface area contributed by atoms with E-state index in [2.05, 4.69) is 10.6 Å². The molecule has 13 heteroatoms. The van der Waals surface area contributed by atoms with Crippen molar-refractivity contribution in [3.05, 3.63) is 94.0 Å². The second-order valence-corrected chi connectivity index (χ2v) is 11.9. The summed E-state index contributed by atoms with van der Waals surface area (Å²) in [6.45, 7) is 3.93. The number of aryl methyl sites for hydroxylation is 1. The molecule has 0 spiro atoms. The van der Waals surface area contributed by atoms with Crippen molar-refractivity contribution in [3.63, 3.8) is 0 Å². The molecule has 3 amide bonds. The van der Waals surface area contributed by atoms with Crippen LogP contribution in [0.25, 0.3) is 0 Å². The van der Waals surface area contributed by atoms with Crippen LogP contribution in [0.15, 0.2) is 60.7 Å². The fourth-order valence-corrected chi connectivity index (χ4v) is 6.25. The zero-order chi connectivity index (χ0) is 31.8. The Labute approximate surface area is 261 Å². The van der Waals surface area contributed by atoms with Crippen LogP contribution in [-0.2, 0) is 32.1 Å². The van der Waals surface area contributed by atoms with E-state index in [1.165, 1.54) is 11.8 Å².